The van der Waals surface area contributed by atoms with Crippen LogP contribution in [0.1, 0.15) is 304 Å². The Hall–Kier alpha value is -1.59. The summed E-state index contributed by atoms with van der Waals surface area (Å²) >= 11 is 0. The third kappa shape index (κ3) is 47.5. The first-order valence-corrected chi connectivity index (χ1v) is 26.9. The van der Waals surface area contributed by atoms with E-state index in [1.165, 1.54) is 199 Å². The second-order valence-corrected chi connectivity index (χ2v) is 19.0. The van der Waals surface area contributed by atoms with Gasteiger partial charge in [-0.3, -0.25) is 14.4 Å². The summed E-state index contributed by atoms with van der Waals surface area (Å²) in [6.45, 7) is 9.04. The van der Waals surface area contributed by atoms with E-state index in [1.54, 1.807) is 0 Å². The predicted molar refractivity (Wildman–Crippen MR) is 257 cm³/mol. The molecule has 356 valence electrons. The van der Waals surface area contributed by atoms with Gasteiger partial charge in [0, 0.05) is 19.3 Å². The number of hydrogen-bond donors (Lipinski definition) is 0. The van der Waals surface area contributed by atoms with Gasteiger partial charge in [0.1, 0.15) is 13.2 Å². The second kappa shape index (κ2) is 48.4. The topological polar surface area (TPSA) is 78.9 Å². The monoisotopic (exact) mass is 849 g/mol. The lowest BCUT2D eigenvalue weighted by Gasteiger charge is -2.18. The molecule has 1 atom stereocenters. The third-order valence-electron chi connectivity index (χ3n) is 12.3. The summed E-state index contributed by atoms with van der Waals surface area (Å²) in [7, 11) is 0. The first kappa shape index (κ1) is 58.4. The van der Waals surface area contributed by atoms with Crippen molar-refractivity contribution in [3.05, 3.63) is 0 Å². The first-order valence-electron chi connectivity index (χ1n) is 26.9. The maximum Gasteiger partial charge on any atom is 0.306 e. The summed E-state index contributed by atoms with van der Waals surface area (Å²) in [6, 6.07) is 0. The molecule has 0 aliphatic heterocycles. The summed E-state index contributed by atoms with van der Waals surface area (Å²) in [6.07, 6.45) is 50.8. The summed E-state index contributed by atoms with van der Waals surface area (Å²) in [5, 5.41) is 0. The van der Waals surface area contributed by atoms with Gasteiger partial charge in [-0.1, -0.05) is 265 Å². The zero-order valence-corrected chi connectivity index (χ0v) is 40.9. The standard InChI is InChI=1S/C54H104O6/c1-5-7-9-11-13-15-17-19-20-21-26-29-33-37-41-45-52(55)58-48-51(60-54(57)47-43-39-35-31-25-18-16-14-12-10-8-6-2)49-59-53(56)46-42-38-34-30-27-23-22-24-28-32-36-40-44-50(3)4/h50-51H,5-49H2,1-4H3/t51-/m1/s1. The maximum atomic E-state index is 12.8. The number of hydrogen-bond acceptors (Lipinski definition) is 6. The second-order valence-electron chi connectivity index (χ2n) is 19.0. The SMILES string of the molecule is CCCCCCCCCCCCCCCCCC(=O)OC[C@H](COC(=O)CCCCCCCCCCCCCCC(C)C)OC(=O)CCCCCCCCCCCCCC. The van der Waals surface area contributed by atoms with Gasteiger partial charge in [0.05, 0.1) is 0 Å². The van der Waals surface area contributed by atoms with Crippen LogP contribution in [-0.2, 0) is 28.6 Å². The average molecular weight is 849 g/mol. The molecule has 6 nitrogen and oxygen atoms in total. The zero-order valence-electron chi connectivity index (χ0n) is 40.9. The lowest BCUT2D eigenvalue weighted by molar-refractivity contribution is -0.167. The number of rotatable bonds is 49. The van der Waals surface area contributed by atoms with Crippen molar-refractivity contribution in [2.75, 3.05) is 13.2 Å². The lowest BCUT2D eigenvalue weighted by Crippen LogP contribution is -2.30. The van der Waals surface area contributed by atoms with Crippen LogP contribution in [-0.4, -0.2) is 37.2 Å². The van der Waals surface area contributed by atoms with Crippen LogP contribution in [0.4, 0.5) is 0 Å². The Labute approximate surface area is 374 Å². The highest BCUT2D eigenvalue weighted by molar-refractivity contribution is 5.71. The number of esters is 3. The molecular weight excluding hydrogens is 745 g/mol. The fourth-order valence-corrected chi connectivity index (χ4v) is 8.22. The number of ether oxygens (including phenoxy) is 3. The van der Waals surface area contributed by atoms with Gasteiger partial charge in [0.25, 0.3) is 0 Å². The molecule has 0 aromatic rings. The normalized spacial score (nSPS) is 11.9. The van der Waals surface area contributed by atoms with E-state index in [2.05, 4.69) is 27.7 Å². The van der Waals surface area contributed by atoms with Crippen LogP contribution in [0.15, 0.2) is 0 Å². The van der Waals surface area contributed by atoms with Crippen molar-refractivity contribution in [2.45, 2.75) is 310 Å². The molecule has 0 fully saturated rings. The molecule has 6 heteroatoms. The Morgan fingerprint density at radius 2 is 0.550 bits per heavy atom. The molecule has 0 aromatic heterocycles. The quantitative estimate of drug-likeness (QED) is 0.0345. The van der Waals surface area contributed by atoms with Gasteiger partial charge >= 0.3 is 17.9 Å². The minimum absolute atomic E-state index is 0.0623. The van der Waals surface area contributed by atoms with E-state index >= 15 is 0 Å². The molecule has 60 heavy (non-hydrogen) atoms. The lowest BCUT2D eigenvalue weighted by atomic mass is 10.0. The molecule has 0 aliphatic carbocycles. The fraction of sp³-hybridized carbons (Fsp3) is 0.944. The molecule has 0 spiro atoms. The summed E-state index contributed by atoms with van der Waals surface area (Å²) in [5.74, 6) is -0.00717. The van der Waals surface area contributed by atoms with Crippen molar-refractivity contribution in [3.63, 3.8) is 0 Å². The fourth-order valence-electron chi connectivity index (χ4n) is 8.22. The molecule has 0 saturated heterocycles. The minimum atomic E-state index is -0.760. The van der Waals surface area contributed by atoms with Gasteiger partial charge < -0.3 is 14.2 Å². The van der Waals surface area contributed by atoms with E-state index in [0.717, 1.165) is 63.7 Å². The van der Waals surface area contributed by atoms with Gasteiger partial charge in [-0.2, -0.15) is 0 Å². The smallest absolute Gasteiger partial charge is 0.306 e. The van der Waals surface area contributed by atoms with E-state index < -0.39 is 6.10 Å². The predicted octanol–water partition coefficient (Wildman–Crippen LogP) is 17.5. The summed E-state index contributed by atoms with van der Waals surface area (Å²) in [5.41, 5.74) is 0. The van der Waals surface area contributed by atoms with Crippen LogP contribution in [0.3, 0.4) is 0 Å². The Kier molecular flexibility index (Phi) is 47.2. The van der Waals surface area contributed by atoms with Gasteiger partial charge in [0.2, 0.25) is 0 Å². The van der Waals surface area contributed by atoms with Crippen molar-refractivity contribution in [1.82, 2.24) is 0 Å². The zero-order chi connectivity index (χ0) is 43.8. The van der Waals surface area contributed by atoms with Crippen molar-refractivity contribution in [1.29, 1.82) is 0 Å². The molecule has 0 unspecified atom stereocenters. The van der Waals surface area contributed by atoms with Crippen LogP contribution >= 0.6 is 0 Å². The number of carbonyl (C=O) groups excluding carboxylic acids is 3. The molecule has 0 bridgehead atoms. The average Bonchev–Trinajstić information content (AvgIpc) is 3.23. The number of unbranched alkanes of at least 4 members (excludes halogenated alkanes) is 36. The van der Waals surface area contributed by atoms with Gasteiger partial charge in [-0.25, -0.2) is 0 Å². The van der Waals surface area contributed by atoms with Crippen LogP contribution in [0.5, 0.6) is 0 Å². The highest BCUT2D eigenvalue weighted by Gasteiger charge is 2.19. The van der Waals surface area contributed by atoms with Crippen LogP contribution in [0.2, 0.25) is 0 Å². The van der Waals surface area contributed by atoms with E-state index in [4.69, 9.17) is 14.2 Å². The molecule has 0 heterocycles. The van der Waals surface area contributed by atoms with E-state index in [1.807, 2.05) is 0 Å². The van der Waals surface area contributed by atoms with Gasteiger partial charge in [-0.15, -0.1) is 0 Å². The molecule has 0 amide bonds. The van der Waals surface area contributed by atoms with Crippen LogP contribution < -0.4 is 0 Å². The Morgan fingerprint density at radius 3 is 0.817 bits per heavy atom. The summed E-state index contributed by atoms with van der Waals surface area (Å²) < 4.78 is 16.8. The molecule has 0 aromatic carbocycles. The molecule has 0 aliphatic rings. The largest absolute Gasteiger partial charge is 0.462 e. The minimum Gasteiger partial charge on any atom is -0.462 e. The molecule has 0 saturated carbocycles. The van der Waals surface area contributed by atoms with Gasteiger partial charge in [0.15, 0.2) is 6.10 Å². The first-order chi connectivity index (χ1) is 29.4. The van der Waals surface area contributed by atoms with E-state index in [-0.39, 0.29) is 31.1 Å². The van der Waals surface area contributed by atoms with E-state index in [9.17, 15) is 14.4 Å². The molecule has 0 rings (SSSR count). The number of carbonyl (C=O) groups is 3. The van der Waals surface area contributed by atoms with Crippen LogP contribution in [0.25, 0.3) is 0 Å². The van der Waals surface area contributed by atoms with Gasteiger partial charge in [-0.05, 0) is 25.2 Å². The highest BCUT2D eigenvalue weighted by atomic mass is 16.6. The highest BCUT2D eigenvalue weighted by Crippen LogP contribution is 2.17. The maximum absolute atomic E-state index is 12.8. The van der Waals surface area contributed by atoms with Crippen molar-refractivity contribution in [3.8, 4) is 0 Å². The molecule has 0 radical (unpaired) electrons. The van der Waals surface area contributed by atoms with Crippen molar-refractivity contribution >= 4 is 17.9 Å². The Morgan fingerprint density at radius 1 is 0.317 bits per heavy atom. The Bertz CT molecular complexity index is 903. The summed E-state index contributed by atoms with van der Waals surface area (Å²) in [4.78, 5) is 38.0. The molecule has 0 N–H and O–H groups in total. The third-order valence-corrected chi connectivity index (χ3v) is 12.3. The van der Waals surface area contributed by atoms with Crippen molar-refractivity contribution in [2.24, 2.45) is 5.92 Å². The van der Waals surface area contributed by atoms with Crippen molar-refractivity contribution < 1.29 is 28.6 Å². The Balaban J connectivity index is 4.29. The van der Waals surface area contributed by atoms with Crippen LogP contribution in [0, 0.1) is 5.92 Å². The molecular formula is C54H104O6. The van der Waals surface area contributed by atoms with E-state index in [0.29, 0.717) is 19.3 Å².